The Morgan fingerprint density at radius 3 is 2.54 bits per heavy atom. The third-order valence-corrected chi connectivity index (χ3v) is 5.50. The summed E-state index contributed by atoms with van der Waals surface area (Å²) in [5.74, 6) is -3.78. The number of piperidine rings is 2. The van der Waals surface area contributed by atoms with E-state index in [-0.39, 0.29) is 6.04 Å². The maximum Gasteiger partial charge on any atom is 0.224 e. The van der Waals surface area contributed by atoms with Crippen LogP contribution < -0.4 is 5.32 Å². The molecule has 0 radical (unpaired) electrons. The molecule has 7 heteroatoms. The SMILES string of the molecule is CN1CCC(N2CCCC(NC(=O)Cc3c(F)ccc(F)c3F)C2)CC1. The summed E-state index contributed by atoms with van der Waals surface area (Å²) < 4.78 is 40.7. The van der Waals surface area contributed by atoms with Crippen LogP contribution in [0.2, 0.25) is 0 Å². The van der Waals surface area contributed by atoms with Gasteiger partial charge in [-0.05, 0) is 64.5 Å². The van der Waals surface area contributed by atoms with E-state index >= 15 is 0 Å². The first-order valence-electron chi connectivity index (χ1n) is 9.28. The van der Waals surface area contributed by atoms with Gasteiger partial charge in [-0.1, -0.05) is 0 Å². The molecule has 1 aromatic rings. The fourth-order valence-corrected chi connectivity index (χ4v) is 3.99. The highest BCUT2D eigenvalue weighted by Gasteiger charge is 2.29. The van der Waals surface area contributed by atoms with Gasteiger partial charge >= 0.3 is 0 Å². The van der Waals surface area contributed by atoms with Crippen molar-refractivity contribution in [2.45, 2.75) is 44.2 Å². The van der Waals surface area contributed by atoms with Crippen LogP contribution in [-0.2, 0) is 11.2 Å². The van der Waals surface area contributed by atoms with Gasteiger partial charge in [-0.15, -0.1) is 0 Å². The molecule has 1 atom stereocenters. The molecule has 0 spiro atoms. The average molecular weight is 369 g/mol. The monoisotopic (exact) mass is 369 g/mol. The van der Waals surface area contributed by atoms with Crippen molar-refractivity contribution >= 4 is 5.91 Å². The Balaban J connectivity index is 1.55. The van der Waals surface area contributed by atoms with Gasteiger partial charge in [0.05, 0.1) is 6.42 Å². The maximum atomic E-state index is 13.7. The predicted octanol–water partition coefficient (Wildman–Crippen LogP) is 2.32. The van der Waals surface area contributed by atoms with Gasteiger partial charge in [0.2, 0.25) is 5.91 Å². The van der Waals surface area contributed by atoms with Gasteiger partial charge in [0, 0.05) is 24.2 Å². The first-order valence-corrected chi connectivity index (χ1v) is 9.28. The molecular weight excluding hydrogens is 343 g/mol. The Labute approximate surface area is 152 Å². The smallest absolute Gasteiger partial charge is 0.224 e. The van der Waals surface area contributed by atoms with Crippen LogP contribution in [0.1, 0.15) is 31.2 Å². The van der Waals surface area contributed by atoms with Crippen LogP contribution in [0.25, 0.3) is 0 Å². The minimum absolute atomic E-state index is 0.0319. The molecule has 1 unspecified atom stereocenters. The number of hydrogen-bond acceptors (Lipinski definition) is 3. The molecule has 3 rings (SSSR count). The van der Waals surface area contributed by atoms with Crippen LogP contribution >= 0.6 is 0 Å². The van der Waals surface area contributed by atoms with Crippen LogP contribution in [0.5, 0.6) is 0 Å². The second kappa shape index (κ2) is 8.39. The zero-order chi connectivity index (χ0) is 18.7. The van der Waals surface area contributed by atoms with E-state index < -0.39 is 35.3 Å². The van der Waals surface area contributed by atoms with Crippen molar-refractivity contribution in [3.05, 3.63) is 35.1 Å². The van der Waals surface area contributed by atoms with Crippen LogP contribution in [0.15, 0.2) is 12.1 Å². The molecular formula is C19H26F3N3O. The first-order chi connectivity index (χ1) is 12.4. The van der Waals surface area contributed by atoms with Crippen molar-refractivity contribution < 1.29 is 18.0 Å². The largest absolute Gasteiger partial charge is 0.352 e. The van der Waals surface area contributed by atoms with Crippen molar-refractivity contribution in [2.75, 3.05) is 33.2 Å². The van der Waals surface area contributed by atoms with Gasteiger partial charge in [0.15, 0.2) is 11.6 Å². The van der Waals surface area contributed by atoms with Crippen LogP contribution in [0.3, 0.4) is 0 Å². The third kappa shape index (κ3) is 4.57. The molecule has 4 nitrogen and oxygen atoms in total. The van der Waals surface area contributed by atoms with E-state index in [0.29, 0.717) is 6.04 Å². The minimum Gasteiger partial charge on any atom is -0.352 e. The van der Waals surface area contributed by atoms with Crippen molar-refractivity contribution in [3.63, 3.8) is 0 Å². The van der Waals surface area contributed by atoms with E-state index in [1.165, 1.54) is 0 Å². The Morgan fingerprint density at radius 2 is 1.81 bits per heavy atom. The summed E-state index contributed by atoms with van der Waals surface area (Å²) in [7, 11) is 2.13. The lowest BCUT2D eigenvalue weighted by atomic mass is 9.98. The molecule has 2 fully saturated rings. The molecule has 2 heterocycles. The molecule has 0 bridgehead atoms. The molecule has 2 aliphatic heterocycles. The summed E-state index contributed by atoms with van der Waals surface area (Å²) in [6, 6.07) is 2.08. The molecule has 26 heavy (non-hydrogen) atoms. The number of benzene rings is 1. The number of rotatable bonds is 4. The van der Waals surface area contributed by atoms with Gasteiger partial charge in [-0.2, -0.15) is 0 Å². The molecule has 2 aliphatic rings. The second-order valence-corrected chi connectivity index (χ2v) is 7.43. The molecule has 0 aliphatic carbocycles. The number of carbonyl (C=O) groups is 1. The first kappa shape index (κ1) is 19.2. The van der Waals surface area contributed by atoms with Gasteiger partial charge in [0.25, 0.3) is 0 Å². The zero-order valence-corrected chi connectivity index (χ0v) is 15.1. The van der Waals surface area contributed by atoms with Gasteiger partial charge < -0.3 is 10.2 Å². The number of halogens is 3. The normalized spacial score (nSPS) is 23.2. The molecule has 0 aromatic heterocycles. The quantitative estimate of drug-likeness (QED) is 0.828. The standard InChI is InChI=1S/C19H26F3N3O/c1-24-9-6-14(7-10-24)25-8-2-3-13(12-25)23-18(26)11-15-16(20)4-5-17(21)19(15)22/h4-5,13-14H,2-3,6-12H2,1H3,(H,23,26). The molecule has 1 amide bonds. The lowest BCUT2D eigenvalue weighted by Crippen LogP contribution is -2.53. The second-order valence-electron chi connectivity index (χ2n) is 7.43. The fraction of sp³-hybridized carbons (Fsp3) is 0.632. The summed E-state index contributed by atoms with van der Waals surface area (Å²) in [5, 5.41) is 2.87. The minimum atomic E-state index is -1.28. The highest BCUT2D eigenvalue weighted by Crippen LogP contribution is 2.21. The number of nitrogens with one attached hydrogen (secondary N) is 1. The Morgan fingerprint density at radius 1 is 1.12 bits per heavy atom. The Bertz CT molecular complexity index is 647. The third-order valence-electron chi connectivity index (χ3n) is 5.50. The predicted molar refractivity (Wildman–Crippen MR) is 93.3 cm³/mol. The highest BCUT2D eigenvalue weighted by atomic mass is 19.2. The maximum absolute atomic E-state index is 13.7. The van der Waals surface area contributed by atoms with E-state index in [1.807, 2.05) is 0 Å². The van der Waals surface area contributed by atoms with Gasteiger partial charge in [0.1, 0.15) is 5.82 Å². The summed E-state index contributed by atoms with van der Waals surface area (Å²) in [4.78, 5) is 17.0. The molecule has 2 saturated heterocycles. The summed E-state index contributed by atoms with van der Waals surface area (Å²) in [6.07, 6.45) is 3.59. The van der Waals surface area contributed by atoms with Gasteiger partial charge in [-0.3, -0.25) is 9.69 Å². The number of amides is 1. The van der Waals surface area contributed by atoms with E-state index in [4.69, 9.17) is 0 Å². The number of nitrogens with zero attached hydrogens (tertiary/aromatic N) is 2. The fourth-order valence-electron chi connectivity index (χ4n) is 3.99. The van der Waals surface area contributed by atoms with E-state index in [9.17, 15) is 18.0 Å². The average Bonchev–Trinajstić information content (AvgIpc) is 2.63. The van der Waals surface area contributed by atoms with Crippen molar-refractivity contribution in [3.8, 4) is 0 Å². The molecule has 1 aromatic carbocycles. The number of hydrogen-bond donors (Lipinski definition) is 1. The van der Waals surface area contributed by atoms with E-state index in [0.717, 1.165) is 64.0 Å². The molecule has 144 valence electrons. The Kier molecular flexibility index (Phi) is 6.19. The summed E-state index contributed by atoms with van der Waals surface area (Å²) in [5.41, 5.74) is -0.509. The topological polar surface area (TPSA) is 35.6 Å². The van der Waals surface area contributed by atoms with Crippen molar-refractivity contribution in [1.29, 1.82) is 0 Å². The zero-order valence-electron chi connectivity index (χ0n) is 15.1. The summed E-state index contributed by atoms with van der Waals surface area (Å²) >= 11 is 0. The lowest BCUT2D eigenvalue weighted by Gasteiger charge is -2.41. The summed E-state index contributed by atoms with van der Waals surface area (Å²) in [6.45, 7) is 3.94. The number of carbonyl (C=O) groups excluding carboxylic acids is 1. The Hall–Kier alpha value is -1.60. The molecule has 0 saturated carbocycles. The lowest BCUT2D eigenvalue weighted by molar-refractivity contribution is -0.121. The van der Waals surface area contributed by atoms with E-state index in [2.05, 4.69) is 22.2 Å². The highest BCUT2D eigenvalue weighted by molar-refractivity contribution is 5.79. The van der Waals surface area contributed by atoms with Crippen molar-refractivity contribution in [1.82, 2.24) is 15.1 Å². The number of likely N-dealkylation sites (tertiary alicyclic amines) is 2. The van der Waals surface area contributed by atoms with Crippen LogP contribution in [-0.4, -0.2) is 61.0 Å². The molecule has 1 N–H and O–H groups in total. The van der Waals surface area contributed by atoms with Crippen molar-refractivity contribution in [2.24, 2.45) is 0 Å². The van der Waals surface area contributed by atoms with Gasteiger partial charge in [-0.25, -0.2) is 13.2 Å². The van der Waals surface area contributed by atoms with Crippen LogP contribution in [0.4, 0.5) is 13.2 Å². The van der Waals surface area contributed by atoms with Crippen LogP contribution in [0, 0.1) is 17.5 Å². The van der Waals surface area contributed by atoms with E-state index in [1.54, 1.807) is 0 Å².